The Hall–Kier alpha value is -3.20. The lowest BCUT2D eigenvalue weighted by atomic mass is 9.89. The zero-order valence-corrected chi connectivity index (χ0v) is 17.5. The Kier molecular flexibility index (Phi) is 4.93. The van der Waals surface area contributed by atoms with Gasteiger partial charge in [-0.05, 0) is 42.7 Å². The van der Waals surface area contributed by atoms with Gasteiger partial charge in [-0.25, -0.2) is 4.39 Å². The minimum Gasteiger partial charge on any atom is -0.458 e. The van der Waals surface area contributed by atoms with Gasteiger partial charge >= 0.3 is 12.1 Å². The average Bonchev–Trinajstić information content (AvgIpc) is 3.21. The van der Waals surface area contributed by atoms with Crippen LogP contribution in [0.25, 0.3) is 22.3 Å². The topological polar surface area (TPSA) is 64.3 Å². The van der Waals surface area contributed by atoms with Crippen molar-refractivity contribution >= 4 is 5.97 Å². The zero-order chi connectivity index (χ0) is 23.5. The summed E-state index contributed by atoms with van der Waals surface area (Å²) in [7, 11) is 0. The number of alkyl halides is 3. The first-order valence-corrected chi connectivity index (χ1v) is 9.79. The van der Waals surface area contributed by atoms with E-state index in [2.05, 4.69) is 5.10 Å². The molecule has 3 aromatic rings. The van der Waals surface area contributed by atoms with Gasteiger partial charge in [0.1, 0.15) is 11.4 Å². The van der Waals surface area contributed by atoms with Gasteiger partial charge in [0.2, 0.25) is 5.60 Å². The summed E-state index contributed by atoms with van der Waals surface area (Å²) in [6.07, 6.45) is -2.13. The number of esters is 1. The van der Waals surface area contributed by atoms with E-state index in [0.717, 1.165) is 12.1 Å². The third kappa shape index (κ3) is 3.46. The van der Waals surface area contributed by atoms with E-state index in [-0.39, 0.29) is 28.8 Å². The number of hydrogen-bond donors (Lipinski definition) is 1. The molecule has 32 heavy (non-hydrogen) atoms. The van der Waals surface area contributed by atoms with E-state index in [9.17, 15) is 27.5 Å². The average molecular weight is 448 g/mol. The van der Waals surface area contributed by atoms with E-state index in [0.29, 0.717) is 5.56 Å². The molecule has 4 rings (SSSR count). The van der Waals surface area contributed by atoms with Crippen LogP contribution in [0.4, 0.5) is 17.6 Å². The van der Waals surface area contributed by atoms with E-state index in [1.807, 2.05) is 0 Å². The number of aromatic nitrogens is 2. The molecule has 0 saturated heterocycles. The number of hydrogen-bond acceptors (Lipinski definition) is 4. The second kappa shape index (κ2) is 7.16. The van der Waals surface area contributed by atoms with Crippen molar-refractivity contribution in [2.24, 2.45) is 0 Å². The molecule has 5 nitrogen and oxygen atoms in total. The van der Waals surface area contributed by atoms with Crippen molar-refractivity contribution < 1.29 is 32.2 Å². The maximum absolute atomic E-state index is 14.5. The first-order chi connectivity index (χ1) is 14.8. The van der Waals surface area contributed by atoms with Crippen LogP contribution in [0.5, 0.6) is 0 Å². The number of ether oxygens (including phenoxy) is 1. The molecule has 1 N–H and O–H groups in total. The first-order valence-electron chi connectivity index (χ1n) is 9.79. The van der Waals surface area contributed by atoms with Gasteiger partial charge in [-0.2, -0.15) is 18.3 Å². The summed E-state index contributed by atoms with van der Waals surface area (Å²) < 4.78 is 63.3. The van der Waals surface area contributed by atoms with E-state index in [1.54, 1.807) is 19.9 Å². The van der Waals surface area contributed by atoms with Crippen LogP contribution >= 0.6 is 0 Å². The Labute approximate surface area is 181 Å². The third-order valence-corrected chi connectivity index (χ3v) is 5.40. The molecule has 0 amide bonds. The molecule has 1 aromatic heterocycles. The fraction of sp³-hybridized carbons (Fsp3) is 0.304. The van der Waals surface area contributed by atoms with Crippen molar-refractivity contribution in [3.8, 4) is 22.3 Å². The summed E-state index contributed by atoms with van der Waals surface area (Å²) in [5.41, 5.74) is -4.33. The van der Waals surface area contributed by atoms with Crippen LogP contribution < -0.4 is 0 Å². The van der Waals surface area contributed by atoms with Crippen LogP contribution in [-0.4, -0.2) is 32.6 Å². The van der Waals surface area contributed by atoms with Crippen LogP contribution in [0.1, 0.15) is 31.9 Å². The Morgan fingerprint density at radius 1 is 1.16 bits per heavy atom. The number of rotatable bonds is 4. The normalized spacial score (nSPS) is 17.8. The van der Waals surface area contributed by atoms with Gasteiger partial charge in [0, 0.05) is 29.8 Å². The quantitative estimate of drug-likeness (QED) is 0.460. The predicted molar refractivity (Wildman–Crippen MR) is 108 cm³/mol. The molecule has 168 valence electrons. The molecule has 0 spiro atoms. The van der Waals surface area contributed by atoms with Crippen LogP contribution in [0.15, 0.2) is 48.8 Å². The fourth-order valence-corrected chi connectivity index (χ4v) is 4.28. The van der Waals surface area contributed by atoms with Crippen molar-refractivity contribution in [1.29, 1.82) is 0 Å². The molecule has 1 heterocycles. The minimum absolute atomic E-state index is 0.0978. The first kappa shape index (κ1) is 22.0. The van der Waals surface area contributed by atoms with Crippen molar-refractivity contribution in [3.05, 3.63) is 65.7 Å². The molecule has 1 unspecified atom stereocenters. The van der Waals surface area contributed by atoms with Crippen molar-refractivity contribution in [2.45, 2.75) is 44.7 Å². The second-order valence-corrected chi connectivity index (χ2v) is 8.41. The number of benzene rings is 2. The number of fused-ring (bicyclic) bond motifs is 3. The van der Waals surface area contributed by atoms with Crippen LogP contribution in [0, 0.1) is 5.82 Å². The number of carbonyl (C=O) groups excluding carboxylic acids is 1. The molecule has 1 atom stereocenters. The molecular weight excluding hydrogens is 428 g/mol. The van der Waals surface area contributed by atoms with Crippen LogP contribution in [0.3, 0.4) is 0 Å². The highest BCUT2D eigenvalue weighted by molar-refractivity contribution is 5.92. The molecule has 0 bridgehead atoms. The summed E-state index contributed by atoms with van der Waals surface area (Å²) >= 11 is 0. The van der Waals surface area contributed by atoms with Crippen molar-refractivity contribution in [3.63, 3.8) is 0 Å². The van der Waals surface area contributed by atoms with Gasteiger partial charge in [0.05, 0.1) is 12.7 Å². The van der Waals surface area contributed by atoms with Crippen molar-refractivity contribution in [2.75, 3.05) is 0 Å². The van der Waals surface area contributed by atoms with E-state index >= 15 is 0 Å². The SMILES string of the molecule is CC(=O)OC(C)(C)Cn1cc(-c2cc(F)cc3c2-c2ccccc2C3(O)C(F)(F)F)cn1. The molecule has 1 aliphatic rings. The Bertz CT molecular complexity index is 1220. The highest BCUT2D eigenvalue weighted by Gasteiger charge is 2.61. The molecule has 2 aromatic carbocycles. The molecule has 0 saturated carbocycles. The monoisotopic (exact) mass is 448 g/mol. The van der Waals surface area contributed by atoms with Gasteiger partial charge in [0.15, 0.2) is 0 Å². The van der Waals surface area contributed by atoms with Crippen molar-refractivity contribution in [1.82, 2.24) is 9.78 Å². The molecular formula is C23H20F4N2O3. The molecule has 0 fully saturated rings. The van der Waals surface area contributed by atoms with E-state index in [4.69, 9.17) is 4.74 Å². The summed E-state index contributed by atoms with van der Waals surface area (Å²) in [5.74, 6) is -1.38. The van der Waals surface area contributed by atoms with Gasteiger partial charge in [-0.15, -0.1) is 0 Å². The van der Waals surface area contributed by atoms with Crippen LogP contribution in [0.2, 0.25) is 0 Å². The zero-order valence-electron chi connectivity index (χ0n) is 17.5. The van der Waals surface area contributed by atoms with Gasteiger partial charge < -0.3 is 9.84 Å². The summed E-state index contributed by atoms with van der Waals surface area (Å²) in [5, 5.41) is 15.0. The Morgan fingerprint density at radius 2 is 1.84 bits per heavy atom. The number of aliphatic hydroxyl groups is 1. The van der Waals surface area contributed by atoms with Crippen LogP contribution in [-0.2, 0) is 21.7 Å². The summed E-state index contributed by atoms with van der Waals surface area (Å²) in [6.45, 7) is 4.84. The number of nitrogens with zero attached hydrogens (tertiary/aromatic N) is 2. The third-order valence-electron chi connectivity index (χ3n) is 5.40. The largest absolute Gasteiger partial charge is 0.458 e. The van der Waals surface area contributed by atoms with E-state index in [1.165, 1.54) is 42.2 Å². The lowest BCUT2D eigenvalue weighted by Gasteiger charge is -2.28. The number of halogens is 4. The molecule has 9 heteroatoms. The minimum atomic E-state index is -5.06. The van der Waals surface area contributed by atoms with Gasteiger partial charge in [0.25, 0.3) is 0 Å². The smallest absolute Gasteiger partial charge is 0.425 e. The summed E-state index contributed by atoms with van der Waals surface area (Å²) in [6, 6.07) is 7.45. The lowest BCUT2D eigenvalue weighted by molar-refractivity contribution is -0.246. The number of carbonyl (C=O) groups is 1. The maximum atomic E-state index is 14.5. The van der Waals surface area contributed by atoms with E-state index < -0.39 is 34.7 Å². The molecule has 0 aliphatic heterocycles. The highest BCUT2D eigenvalue weighted by Crippen LogP contribution is 2.57. The maximum Gasteiger partial charge on any atom is 0.425 e. The van der Waals surface area contributed by atoms with Gasteiger partial charge in [-0.1, -0.05) is 24.3 Å². The Morgan fingerprint density at radius 3 is 2.50 bits per heavy atom. The lowest BCUT2D eigenvalue weighted by Crippen LogP contribution is -2.41. The van der Waals surface area contributed by atoms with Gasteiger partial charge in [-0.3, -0.25) is 9.48 Å². The fourth-order valence-electron chi connectivity index (χ4n) is 4.28. The predicted octanol–water partition coefficient (Wildman–Crippen LogP) is 4.81. The molecule has 0 radical (unpaired) electrons. The summed E-state index contributed by atoms with van der Waals surface area (Å²) in [4.78, 5) is 11.3. The highest BCUT2D eigenvalue weighted by atomic mass is 19.4. The standard InChI is InChI=1S/C23H20F4N2O3/c1-13(30)32-21(2,3)12-29-11-14(10-28-29)17-8-15(24)9-19-20(17)16-6-4-5-7-18(16)22(19,31)23(25,26)27/h4-11,31H,12H2,1-3H3. The Balaban J connectivity index is 1.87. The molecule has 1 aliphatic carbocycles. The second-order valence-electron chi connectivity index (χ2n) is 8.41.